The molecule has 0 bridgehead atoms. The van der Waals surface area contributed by atoms with Crippen LogP contribution in [0.5, 0.6) is 11.5 Å². The lowest BCUT2D eigenvalue weighted by atomic mass is 10.00. The van der Waals surface area contributed by atoms with Gasteiger partial charge in [0.1, 0.15) is 0 Å². The van der Waals surface area contributed by atoms with Gasteiger partial charge in [0.2, 0.25) is 0 Å². The van der Waals surface area contributed by atoms with Crippen LogP contribution in [0.25, 0.3) is 0 Å². The highest BCUT2D eigenvalue weighted by atomic mass is 79.9. The average Bonchev–Trinajstić information content (AvgIpc) is 2.79. The number of hydrogen-bond donors (Lipinski definition) is 1. The van der Waals surface area contributed by atoms with Gasteiger partial charge in [0.05, 0.1) is 20.3 Å². The molecule has 2 rings (SSSR count). The number of ether oxygens (including phenoxy) is 2. The van der Waals surface area contributed by atoms with Gasteiger partial charge in [0, 0.05) is 17.1 Å². The van der Waals surface area contributed by atoms with Gasteiger partial charge in [-0.25, -0.2) is 0 Å². The number of benzene rings is 1. The van der Waals surface area contributed by atoms with Crippen molar-refractivity contribution in [2.24, 2.45) is 5.73 Å². The molecule has 5 heteroatoms. The van der Waals surface area contributed by atoms with Crippen LogP contribution in [0.3, 0.4) is 0 Å². The Morgan fingerprint density at radius 1 is 1.32 bits per heavy atom. The zero-order valence-corrected chi connectivity index (χ0v) is 13.2. The molecule has 106 valence electrons. The first kappa shape index (κ1) is 14.6. The largest absolute Gasteiger partial charge is 0.493 e. The molecule has 0 amide bonds. The number of likely N-dealkylation sites (N-methyl/N-ethyl adjacent to an activating group) is 1. The van der Waals surface area contributed by atoms with Crippen LogP contribution in [0.15, 0.2) is 16.6 Å². The molecule has 2 N–H and O–H groups in total. The van der Waals surface area contributed by atoms with E-state index in [0.29, 0.717) is 0 Å². The molecular formula is C14H21BrN2O2. The third kappa shape index (κ3) is 2.73. The van der Waals surface area contributed by atoms with Crippen LogP contribution in [-0.4, -0.2) is 38.3 Å². The molecular weight excluding hydrogens is 308 g/mol. The van der Waals surface area contributed by atoms with Gasteiger partial charge in [-0.1, -0.05) is 22.9 Å². The topological polar surface area (TPSA) is 47.7 Å². The van der Waals surface area contributed by atoms with E-state index in [1.807, 2.05) is 12.1 Å². The van der Waals surface area contributed by atoms with E-state index in [0.717, 1.165) is 35.5 Å². The molecule has 1 fully saturated rings. The molecule has 0 aliphatic carbocycles. The number of methoxy groups -OCH3 is 2. The maximum Gasteiger partial charge on any atom is 0.161 e. The SMILES string of the molecule is CCN1CCC(N)C1c1cc(OC)c(OC)cc1Br. The van der Waals surface area contributed by atoms with E-state index in [9.17, 15) is 0 Å². The maximum absolute atomic E-state index is 6.27. The average molecular weight is 329 g/mol. The summed E-state index contributed by atoms with van der Waals surface area (Å²) in [4.78, 5) is 2.40. The summed E-state index contributed by atoms with van der Waals surface area (Å²) in [5.41, 5.74) is 7.44. The number of halogens is 1. The molecule has 0 radical (unpaired) electrons. The van der Waals surface area contributed by atoms with E-state index >= 15 is 0 Å². The van der Waals surface area contributed by atoms with Gasteiger partial charge < -0.3 is 15.2 Å². The zero-order chi connectivity index (χ0) is 14.0. The normalized spacial score (nSPS) is 23.6. The van der Waals surface area contributed by atoms with Crippen LogP contribution in [0.4, 0.5) is 0 Å². The Labute approximate surface area is 123 Å². The van der Waals surface area contributed by atoms with Crippen molar-refractivity contribution in [3.8, 4) is 11.5 Å². The van der Waals surface area contributed by atoms with Gasteiger partial charge >= 0.3 is 0 Å². The third-order valence-corrected chi connectivity index (χ3v) is 4.46. The lowest BCUT2D eigenvalue weighted by Gasteiger charge is -2.27. The minimum absolute atomic E-state index is 0.161. The van der Waals surface area contributed by atoms with Crippen LogP contribution in [0.1, 0.15) is 24.9 Å². The minimum Gasteiger partial charge on any atom is -0.493 e. The molecule has 19 heavy (non-hydrogen) atoms. The minimum atomic E-state index is 0.161. The highest BCUT2D eigenvalue weighted by molar-refractivity contribution is 9.10. The fourth-order valence-electron chi connectivity index (χ4n) is 2.76. The Hall–Kier alpha value is -0.780. The zero-order valence-electron chi connectivity index (χ0n) is 11.6. The fraction of sp³-hybridized carbons (Fsp3) is 0.571. The summed E-state index contributed by atoms with van der Waals surface area (Å²) in [5, 5.41) is 0. The standard InChI is InChI=1S/C14H21BrN2O2/c1-4-17-6-5-11(16)14(17)9-7-12(18-2)13(19-3)8-10(9)15/h7-8,11,14H,4-6,16H2,1-3H3. The van der Waals surface area contributed by atoms with Crippen molar-refractivity contribution in [3.05, 3.63) is 22.2 Å². The number of nitrogens with zero attached hydrogens (tertiary/aromatic N) is 1. The molecule has 1 saturated heterocycles. The van der Waals surface area contributed by atoms with E-state index in [-0.39, 0.29) is 12.1 Å². The first-order valence-corrected chi connectivity index (χ1v) is 7.32. The van der Waals surface area contributed by atoms with Gasteiger partial charge in [-0.2, -0.15) is 0 Å². The van der Waals surface area contributed by atoms with Crippen LogP contribution in [0.2, 0.25) is 0 Å². The van der Waals surface area contributed by atoms with Crippen LogP contribution in [-0.2, 0) is 0 Å². The maximum atomic E-state index is 6.27. The second-order valence-corrected chi connectivity index (χ2v) is 5.61. The number of hydrogen-bond acceptors (Lipinski definition) is 4. The molecule has 4 nitrogen and oxygen atoms in total. The second-order valence-electron chi connectivity index (χ2n) is 4.75. The summed E-state index contributed by atoms with van der Waals surface area (Å²) < 4.78 is 11.7. The summed E-state index contributed by atoms with van der Waals surface area (Å²) >= 11 is 3.63. The Morgan fingerprint density at radius 3 is 2.53 bits per heavy atom. The van der Waals surface area contributed by atoms with E-state index in [2.05, 4.69) is 27.8 Å². The quantitative estimate of drug-likeness (QED) is 0.922. The molecule has 1 aliphatic heterocycles. The Morgan fingerprint density at radius 2 is 1.95 bits per heavy atom. The Balaban J connectivity index is 2.43. The molecule has 0 spiro atoms. The van der Waals surface area contributed by atoms with Gasteiger partial charge in [-0.15, -0.1) is 0 Å². The number of likely N-dealkylation sites (tertiary alicyclic amines) is 1. The highest BCUT2D eigenvalue weighted by Gasteiger charge is 2.33. The molecule has 2 atom stereocenters. The molecule has 1 aromatic rings. The Bertz CT molecular complexity index is 453. The summed E-state index contributed by atoms with van der Waals surface area (Å²) in [6, 6.07) is 4.38. The second kappa shape index (κ2) is 6.11. The molecule has 1 aromatic carbocycles. The van der Waals surface area contributed by atoms with Crippen molar-refractivity contribution < 1.29 is 9.47 Å². The predicted octanol–water partition coefficient (Wildman–Crippen LogP) is 2.56. The number of rotatable bonds is 4. The van der Waals surface area contributed by atoms with Gasteiger partial charge in [-0.05, 0) is 30.7 Å². The molecule has 0 saturated carbocycles. The highest BCUT2D eigenvalue weighted by Crippen LogP contribution is 2.40. The van der Waals surface area contributed by atoms with Crippen LogP contribution < -0.4 is 15.2 Å². The lowest BCUT2D eigenvalue weighted by Crippen LogP contribution is -2.32. The summed E-state index contributed by atoms with van der Waals surface area (Å²) in [7, 11) is 3.30. The summed E-state index contributed by atoms with van der Waals surface area (Å²) in [6.07, 6.45) is 1.03. The fourth-order valence-corrected chi connectivity index (χ4v) is 3.32. The first-order valence-electron chi connectivity index (χ1n) is 6.53. The first-order chi connectivity index (χ1) is 9.12. The van der Waals surface area contributed by atoms with Gasteiger partial charge in [0.25, 0.3) is 0 Å². The third-order valence-electron chi connectivity index (χ3n) is 3.78. The van der Waals surface area contributed by atoms with Crippen LogP contribution in [0, 0.1) is 0 Å². The number of nitrogens with two attached hydrogens (primary N) is 1. The van der Waals surface area contributed by atoms with Crippen molar-refractivity contribution in [1.29, 1.82) is 0 Å². The molecule has 1 aliphatic rings. The predicted molar refractivity (Wildman–Crippen MR) is 79.8 cm³/mol. The summed E-state index contributed by atoms with van der Waals surface area (Å²) in [6.45, 7) is 4.21. The molecule has 0 aromatic heterocycles. The lowest BCUT2D eigenvalue weighted by molar-refractivity contribution is 0.259. The summed E-state index contributed by atoms with van der Waals surface area (Å²) in [5.74, 6) is 1.48. The van der Waals surface area contributed by atoms with E-state index in [1.165, 1.54) is 5.56 Å². The molecule has 1 heterocycles. The monoisotopic (exact) mass is 328 g/mol. The van der Waals surface area contributed by atoms with E-state index in [1.54, 1.807) is 14.2 Å². The molecule has 2 unspecified atom stereocenters. The smallest absolute Gasteiger partial charge is 0.161 e. The van der Waals surface area contributed by atoms with Crippen LogP contribution >= 0.6 is 15.9 Å². The van der Waals surface area contributed by atoms with Gasteiger partial charge in [0.15, 0.2) is 11.5 Å². The van der Waals surface area contributed by atoms with Crippen molar-refractivity contribution >= 4 is 15.9 Å². The van der Waals surface area contributed by atoms with Crippen molar-refractivity contribution in [3.63, 3.8) is 0 Å². The van der Waals surface area contributed by atoms with Crippen molar-refractivity contribution in [1.82, 2.24) is 4.90 Å². The Kier molecular flexibility index (Phi) is 4.71. The van der Waals surface area contributed by atoms with Gasteiger partial charge in [-0.3, -0.25) is 4.90 Å². The van der Waals surface area contributed by atoms with E-state index < -0.39 is 0 Å². The van der Waals surface area contributed by atoms with Crippen molar-refractivity contribution in [2.75, 3.05) is 27.3 Å². The van der Waals surface area contributed by atoms with E-state index in [4.69, 9.17) is 15.2 Å². The van der Waals surface area contributed by atoms with Crippen molar-refractivity contribution in [2.45, 2.75) is 25.4 Å².